The molecule has 4 N–H and O–H groups in total. The van der Waals surface area contributed by atoms with Crippen LogP contribution in [0.25, 0.3) is 11.0 Å². The van der Waals surface area contributed by atoms with Crippen LogP contribution < -0.4 is 16.2 Å². The van der Waals surface area contributed by atoms with Crippen LogP contribution in [0, 0.1) is 0 Å². The highest BCUT2D eigenvalue weighted by Gasteiger charge is 2.14. The third kappa shape index (κ3) is 2.03. The van der Waals surface area contributed by atoms with Crippen LogP contribution in [0.4, 0.5) is 11.8 Å². The number of aromatic nitrogens is 6. The van der Waals surface area contributed by atoms with Gasteiger partial charge in [0.15, 0.2) is 5.65 Å². The number of fused-ring (bicyclic) bond motifs is 1. The molecule has 0 spiro atoms. The van der Waals surface area contributed by atoms with Gasteiger partial charge >= 0.3 is 0 Å². The molecule has 0 aliphatic heterocycles. The quantitative estimate of drug-likeness (QED) is 0.453. The first kappa shape index (κ1) is 12.4. The molecular weight excluding hydrogens is 258 g/mol. The lowest BCUT2D eigenvalue weighted by Gasteiger charge is -2.18. The van der Waals surface area contributed by atoms with Crippen molar-refractivity contribution < 1.29 is 0 Å². The van der Waals surface area contributed by atoms with Gasteiger partial charge in [0.2, 0.25) is 5.95 Å². The van der Waals surface area contributed by atoms with Crippen LogP contribution in [0.1, 0.15) is 5.82 Å². The smallest absolute Gasteiger partial charge is 0.241 e. The van der Waals surface area contributed by atoms with E-state index in [4.69, 9.17) is 5.84 Å². The minimum atomic E-state index is 0.337. The van der Waals surface area contributed by atoms with Crippen LogP contribution in [0.15, 0.2) is 18.6 Å². The molecule has 3 aromatic rings. The van der Waals surface area contributed by atoms with Crippen molar-refractivity contribution in [2.75, 3.05) is 17.4 Å². The first-order chi connectivity index (χ1) is 9.69. The summed E-state index contributed by atoms with van der Waals surface area (Å²) < 4.78 is 1.96. The van der Waals surface area contributed by atoms with E-state index in [0.29, 0.717) is 18.1 Å². The first-order valence-corrected chi connectivity index (χ1v) is 6.04. The predicted octanol–water partition coefficient (Wildman–Crippen LogP) is 0.00840. The molecule has 0 aliphatic carbocycles. The molecule has 20 heavy (non-hydrogen) atoms. The third-order valence-electron chi connectivity index (χ3n) is 3.08. The normalized spacial score (nSPS) is 10.9. The van der Waals surface area contributed by atoms with Gasteiger partial charge in [-0.2, -0.15) is 15.1 Å². The molecule has 0 aliphatic rings. The Morgan fingerprint density at radius 3 is 3.00 bits per heavy atom. The fourth-order valence-corrected chi connectivity index (χ4v) is 2.01. The standard InChI is InChI=1S/C11H15N9/c1-19-4-3-13-8(19)6-20(2)10-7-5-14-18-9(7)15-11(16-10)17-12/h3-5H,6,12H2,1-2H3,(H2,14,15,16,17,18). The number of nitrogens with zero attached hydrogens (tertiary/aromatic N) is 6. The molecule has 0 saturated heterocycles. The molecule has 0 unspecified atom stereocenters. The summed E-state index contributed by atoms with van der Waals surface area (Å²) in [7, 11) is 3.89. The molecule has 0 atom stereocenters. The summed E-state index contributed by atoms with van der Waals surface area (Å²) >= 11 is 0. The second-order valence-corrected chi connectivity index (χ2v) is 4.46. The first-order valence-electron chi connectivity index (χ1n) is 6.04. The number of aryl methyl sites for hydroxylation is 1. The zero-order chi connectivity index (χ0) is 14.1. The second kappa shape index (κ2) is 4.78. The van der Waals surface area contributed by atoms with E-state index in [9.17, 15) is 0 Å². The maximum atomic E-state index is 5.39. The molecule has 3 heterocycles. The summed E-state index contributed by atoms with van der Waals surface area (Å²) in [5, 5.41) is 7.64. The van der Waals surface area contributed by atoms with Gasteiger partial charge in [-0.25, -0.2) is 10.8 Å². The van der Waals surface area contributed by atoms with Crippen molar-refractivity contribution in [2.45, 2.75) is 6.54 Å². The number of nitrogens with two attached hydrogens (primary N) is 1. The Hall–Kier alpha value is -2.68. The van der Waals surface area contributed by atoms with Crippen LogP contribution >= 0.6 is 0 Å². The number of hydrogen-bond donors (Lipinski definition) is 3. The van der Waals surface area contributed by atoms with E-state index in [1.165, 1.54) is 0 Å². The number of nitrogen functional groups attached to an aromatic ring is 1. The Bertz CT molecular complexity index is 728. The fourth-order valence-electron chi connectivity index (χ4n) is 2.01. The zero-order valence-electron chi connectivity index (χ0n) is 11.2. The van der Waals surface area contributed by atoms with Gasteiger partial charge in [-0.05, 0) is 0 Å². The van der Waals surface area contributed by atoms with E-state index < -0.39 is 0 Å². The number of nitrogens with one attached hydrogen (secondary N) is 2. The Labute approximate surface area is 114 Å². The minimum absolute atomic E-state index is 0.337. The van der Waals surface area contributed by atoms with Gasteiger partial charge in [0.25, 0.3) is 0 Å². The van der Waals surface area contributed by atoms with Crippen LogP contribution in [0.5, 0.6) is 0 Å². The summed E-state index contributed by atoms with van der Waals surface area (Å²) in [6, 6.07) is 0. The molecule has 0 saturated carbocycles. The van der Waals surface area contributed by atoms with Crippen LogP contribution in [-0.4, -0.2) is 36.8 Å². The van der Waals surface area contributed by atoms with Crippen molar-refractivity contribution in [3.63, 3.8) is 0 Å². The summed E-state index contributed by atoms with van der Waals surface area (Å²) in [5.41, 5.74) is 3.09. The molecular formula is C11H15N9. The summed E-state index contributed by atoms with van der Waals surface area (Å²) in [4.78, 5) is 14.9. The Kier molecular flexibility index (Phi) is 2.95. The monoisotopic (exact) mass is 273 g/mol. The van der Waals surface area contributed by atoms with Crippen molar-refractivity contribution in [3.8, 4) is 0 Å². The minimum Gasteiger partial charge on any atom is -0.351 e. The zero-order valence-corrected chi connectivity index (χ0v) is 11.2. The van der Waals surface area contributed by atoms with E-state index in [0.717, 1.165) is 17.0 Å². The average molecular weight is 273 g/mol. The number of H-pyrrole nitrogens is 1. The summed E-state index contributed by atoms with van der Waals surface area (Å²) in [5.74, 6) is 7.40. The highest BCUT2D eigenvalue weighted by molar-refractivity contribution is 5.87. The molecule has 9 nitrogen and oxygen atoms in total. The molecule has 0 radical (unpaired) electrons. The number of aromatic amines is 1. The van der Waals surface area contributed by atoms with Gasteiger partial charge in [-0.1, -0.05) is 0 Å². The Morgan fingerprint density at radius 2 is 2.30 bits per heavy atom. The number of rotatable bonds is 4. The van der Waals surface area contributed by atoms with Gasteiger partial charge in [0, 0.05) is 26.5 Å². The molecule has 104 valence electrons. The molecule has 0 aromatic carbocycles. The lowest BCUT2D eigenvalue weighted by molar-refractivity contribution is 0.757. The number of imidazole rings is 1. The molecule has 0 amide bonds. The van der Waals surface area contributed by atoms with Gasteiger partial charge in [-0.3, -0.25) is 10.5 Å². The van der Waals surface area contributed by atoms with Gasteiger partial charge in [-0.15, -0.1) is 0 Å². The molecule has 0 bridgehead atoms. The Morgan fingerprint density at radius 1 is 1.45 bits per heavy atom. The summed E-state index contributed by atoms with van der Waals surface area (Å²) in [6.07, 6.45) is 5.37. The lowest BCUT2D eigenvalue weighted by atomic mass is 10.3. The maximum absolute atomic E-state index is 5.39. The van der Waals surface area contributed by atoms with E-state index in [2.05, 4.69) is 30.6 Å². The van der Waals surface area contributed by atoms with Crippen molar-refractivity contribution in [2.24, 2.45) is 12.9 Å². The highest BCUT2D eigenvalue weighted by atomic mass is 15.3. The number of hydrazine groups is 1. The number of hydrogen-bond acceptors (Lipinski definition) is 7. The van der Waals surface area contributed by atoms with Gasteiger partial charge in [0.05, 0.1) is 18.1 Å². The van der Waals surface area contributed by atoms with Crippen molar-refractivity contribution in [1.29, 1.82) is 0 Å². The van der Waals surface area contributed by atoms with E-state index >= 15 is 0 Å². The maximum Gasteiger partial charge on any atom is 0.241 e. The Balaban J connectivity index is 2.00. The highest BCUT2D eigenvalue weighted by Crippen LogP contribution is 2.23. The second-order valence-electron chi connectivity index (χ2n) is 4.46. The van der Waals surface area contributed by atoms with Gasteiger partial charge < -0.3 is 9.47 Å². The third-order valence-corrected chi connectivity index (χ3v) is 3.08. The molecule has 3 aromatic heterocycles. The molecule has 3 rings (SSSR count). The average Bonchev–Trinajstić information content (AvgIpc) is 3.06. The fraction of sp³-hybridized carbons (Fsp3) is 0.273. The van der Waals surface area contributed by atoms with E-state index in [1.54, 1.807) is 12.4 Å². The van der Waals surface area contributed by atoms with Crippen LogP contribution in [0.2, 0.25) is 0 Å². The predicted molar refractivity (Wildman–Crippen MR) is 74.8 cm³/mol. The van der Waals surface area contributed by atoms with Gasteiger partial charge in [0.1, 0.15) is 11.6 Å². The largest absolute Gasteiger partial charge is 0.351 e. The van der Waals surface area contributed by atoms with Crippen molar-refractivity contribution in [3.05, 3.63) is 24.4 Å². The topological polar surface area (TPSA) is 114 Å². The van der Waals surface area contributed by atoms with E-state index in [1.807, 2.05) is 29.8 Å². The number of anilines is 2. The van der Waals surface area contributed by atoms with E-state index in [-0.39, 0.29) is 0 Å². The molecule has 9 heteroatoms. The molecule has 0 fully saturated rings. The van der Waals surface area contributed by atoms with Crippen molar-refractivity contribution >= 4 is 22.8 Å². The van der Waals surface area contributed by atoms with Crippen LogP contribution in [-0.2, 0) is 13.6 Å². The van der Waals surface area contributed by atoms with Crippen LogP contribution in [0.3, 0.4) is 0 Å². The SMILES string of the molecule is CN(Cc1nccn1C)c1nc(NN)nc2[nH]ncc12. The lowest BCUT2D eigenvalue weighted by Crippen LogP contribution is -2.21. The van der Waals surface area contributed by atoms with Crippen molar-refractivity contribution in [1.82, 2.24) is 29.7 Å². The summed E-state index contributed by atoms with van der Waals surface area (Å²) in [6.45, 7) is 0.616.